The lowest BCUT2D eigenvalue weighted by molar-refractivity contribution is 0.476. The van der Waals surface area contributed by atoms with Crippen LogP contribution in [-0.2, 0) is 9.84 Å². The van der Waals surface area contributed by atoms with E-state index >= 15 is 0 Å². The summed E-state index contributed by atoms with van der Waals surface area (Å²) in [6, 6.07) is 7.15. The highest BCUT2D eigenvalue weighted by Gasteiger charge is 2.17. The number of benzene rings is 1. The molecular formula is C10H10N2O3S. The van der Waals surface area contributed by atoms with Crippen LogP contribution in [0.2, 0.25) is 0 Å². The Bertz CT molecular complexity index is 623. The zero-order valence-electron chi connectivity index (χ0n) is 8.51. The number of para-hydroxylation sites is 2. The molecule has 84 valence electrons. The van der Waals surface area contributed by atoms with E-state index in [0.717, 1.165) is 11.8 Å². The van der Waals surface area contributed by atoms with E-state index in [9.17, 15) is 8.42 Å². The Morgan fingerprint density at radius 1 is 1.44 bits per heavy atom. The average Bonchev–Trinajstić information content (AvgIpc) is 2.59. The van der Waals surface area contributed by atoms with Gasteiger partial charge in [-0.1, -0.05) is 12.1 Å². The van der Waals surface area contributed by atoms with Gasteiger partial charge in [-0.2, -0.15) is 0 Å². The van der Waals surface area contributed by atoms with Gasteiger partial charge in [-0.3, -0.25) is 0 Å². The summed E-state index contributed by atoms with van der Waals surface area (Å²) in [5, 5.41) is 8.94. The summed E-state index contributed by atoms with van der Waals surface area (Å²) in [5.41, 5.74) is 1.38. The fraction of sp³-hybridized carbons (Fsp3) is 0.100. The number of nitrogens with one attached hydrogen (secondary N) is 1. The van der Waals surface area contributed by atoms with Crippen molar-refractivity contribution >= 4 is 25.8 Å². The van der Waals surface area contributed by atoms with Gasteiger partial charge in [-0.05, 0) is 12.1 Å². The molecule has 0 aliphatic rings. The van der Waals surface area contributed by atoms with Gasteiger partial charge in [0, 0.05) is 6.26 Å². The van der Waals surface area contributed by atoms with Crippen LogP contribution >= 0.6 is 0 Å². The number of aliphatic hydroxyl groups is 1. The molecule has 0 aliphatic heterocycles. The molecule has 0 amide bonds. The first kappa shape index (κ1) is 10.7. The summed E-state index contributed by atoms with van der Waals surface area (Å²) >= 11 is 0. The maximum Gasteiger partial charge on any atom is 0.182 e. The normalized spacial score (nSPS) is 13.2. The molecule has 2 N–H and O–H groups in total. The first-order valence-corrected chi connectivity index (χ1v) is 6.41. The van der Waals surface area contributed by atoms with E-state index < -0.39 is 9.84 Å². The van der Waals surface area contributed by atoms with Crippen molar-refractivity contribution in [1.29, 1.82) is 0 Å². The van der Waals surface area contributed by atoms with Crippen LogP contribution in [0.25, 0.3) is 15.9 Å². The van der Waals surface area contributed by atoms with Gasteiger partial charge >= 0.3 is 0 Å². The van der Waals surface area contributed by atoms with Crippen molar-refractivity contribution in [2.45, 2.75) is 0 Å². The van der Waals surface area contributed by atoms with Crippen LogP contribution in [0.4, 0.5) is 0 Å². The van der Waals surface area contributed by atoms with Crippen molar-refractivity contribution in [1.82, 2.24) is 9.97 Å². The lowest BCUT2D eigenvalue weighted by Gasteiger charge is -1.97. The first-order chi connectivity index (χ1) is 7.52. The topological polar surface area (TPSA) is 83.1 Å². The maximum absolute atomic E-state index is 11.4. The monoisotopic (exact) mass is 238 g/mol. The van der Waals surface area contributed by atoms with Crippen molar-refractivity contribution in [2.75, 3.05) is 6.26 Å². The highest BCUT2D eigenvalue weighted by molar-refractivity contribution is 7.99. The van der Waals surface area contributed by atoms with E-state index in [1.807, 2.05) is 6.07 Å². The number of imidazole rings is 1. The number of fused-ring (bicyclic) bond motifs is 1. The van der Waals surface area contributed by atoms with Gasteiger partial charge in [0.2, 0.25) is 0 Å². The number of hydrogen-bond acceptors (Lipinski definition) is 4. The van der Waals surface area contributed by atoms with E-state index in [0.29, 0.717) is 11.8 Å². The average molecular weight is 238 g/mol. The van der Waals surface area contributed by atoms with E-state index in [-0.39, 0.29) is 10.7 Å². The minimum Gasteiger partial charge on any atom is -0.514 e. The van der Waals surface area contributed by atoms with Gasteiger partial charge in [0.25, 0.3) is 0 Å². The summed E-state index contributed by atoms with van der Waals surface area (Å²) in [7, 11) is -3.50. The molecule has 0 radical (unpaired) electrons. The number of H-pyrrole nitrogens is 1. The van der Waals surface area contributed by atoms with Gasteiger partial charge in [0.1, 0.15) is 11.2 Å². The molecule has 1 heterocycles. The Kier molecular flexibility index (Phi) is 2.43. The lowest BCUT2D eigenvalue weighted by Crippen LogP contribution is -2.01. The maximum atomic E-state index is 11.4. The molecule has 0 unspecified atom stereocenters. The highest BCUT2D eigenvalue weighted by Crippen LogP contribution is 2.20. The quantitative estimate of drug-likeness (QED) is 0.776. The van der Waals surface area contributed by atoms with Crippen LogP contribution in [0, 0.1) is 0 Å². The molecule has 1 aromatic heterocycles. The Balaban J connectivity index is 2.64. The molecule has 0 saturated carbocycles. The summed E-state index contributed by atoms with van der Waals surface area (Å²) < 4.78 is 22.7. The van der Waals surface area contributed by atoms with E-state index in [4.69, 9.17) is 5.11 Å². The summed E-state index contributed by atoms with van der Waals surface area (Å²) in [4.78, 5) is 6.70. The Morgan fingerprint density at radius 2 is 2.12 bits per heavy atom. The minimum absolute atomic E-state index is 0.145. The van der Waals surface area contributed by atoms with Gasteiger partial charge in [-0.25, -0.2) is 13.4 Å². The molecule has 2 rings (SSSR count). The fourth-order valence-electron chi connectivity index (χ4n) is 1.40. The molecule has 1 aromatic carbocycles. The van der Waals surface area contributed by atoms with Crippen LogP contribution in [0.5, 0.6) is 0 Å². The van der Waals surface area contributed by atoms with Crippen LogP contribution < -0.4 is 0 Å². The Morgan fingerprint density at radius 3 is 2.69 bits per heavy atom. The molecular weight excluding hydrogens is 228 g/mol. The van der Waals surface area contributed by atoms with Crippen molar-refractivity contribution in [3.05, 3.63) is 36.4 Å². The standard InChI is InChI=1S/C10H10N2O3S/c1-16(14,15)9(6-13)10-11-7-4-2-3-5-8(7)12-10/h2-6,13H,1H3,(H,11,12). The van der Waals surface area contributed by atoms with Crippen molar-refractivity contribution < 1.29 is 13.5 Å². The number of aromatic amines is 1. The molecule has 5 nitrogen and oxygen atoms in total. The SMILES string of the molecule is CS(=O)(=O)C(=CO)c1nc2ccccc2[nH]1. The largest absolute Gasteiger partial charge is 0.514 e. The number of aliphatic hydroxyl groups excluding tert-OH is 1. The zero-order valence-corrected chi connectivity index (χ0v) is 9.32. The van der Waals surface area contributed by atoms with Crippen LogP contribution in [0.15, 0.2) is 30.5 Å². The second-order valence-electron chi connectivity index (χ2n) is 3.37. The van der Waals surface area contributed by atoms with E-state index in [2.05, 4.69) is 9.97 Å². The molecule has 0 atom stereocenters. The number of sulfone groups is 1. The molecule has 0 aliphatic carbocycles. The van der Waals surface area contributed by atoms with E-state index in [1.165, 1.54) is 0 Å². The van der Waals surface area contributed by atoms with Crippen molar-refractivity contribution in [3.63, 3.8) is 0 Å². The number of nitrogens with zero attached hydrogens (tertiary/aromatic N) is 1. The van der Waals surface area contributed by atoms with Crippen LogP contribution in [-0.4, -0.2) is 29.7 Å². The molecule has 0 bridgehead atoms. The lowest BCUT2D eigenvalue weighted by atomic mass is 10.3. The number of rotatable bonds is 2. The van der Waals surface area contributed by atoms with Crippen LogP contribution in [0.3, 0.4) is 0 Å². The van der Waals surface area contributed by atoms with Crippen molar-refractivity contribution in [2.24, 2.45) is 0 Å². The molecule has 2 aromatic rings. The number of aromatic nitrogens is 2. The third-order valence-electron chi connectivity index (χ3n) is 2.14. The van der Waals surface area contributed by atoms with Crippen LogP contribution in [0.1, 0.15) is 5.82 Å². The Hall–Kier alpha value is -1.82. The summed E-state index contributed by atoms with van der Waals surface area (Å²) in [6.07, 6.45) is 1.56. The van der Waals surface area contributed by atoms with Gasteiger partial charge < -0.3 is 10.1 Å². The van der Waals surface area contributed by atoms with Gasteiger partial charge in [0.15, 0.2) is 15.7 Å². The first-order valence-electron chi connectivity index (χ1n) is 4.52. The molecule has 16 heavy (non-hydrogen) atoms. The predicted molar refractivity (Wildman–Crippen MR) is 61.5 cm³/mol. The minimum atomic E-state index is -3.50. The molecule has 0 saturated heterocycles. The Labute approximate surface area is 92.4 Å². The predicted octanol–water partition coefficient (Wildman–Crippen LogP) is 1.46. The third kappa shape index (κ3) is 1.79. The molecule has 0 fully saturated rings. The molecule has 0 spiro atoms. The third-order valence-corrected chi connectivity index (χ3v) is 3.24. The fourth-order valence-corrected chi connectivity index (χ4v) is 2.04. The second-order valence-corrected chi connectivity index (χ2v) is 5.35. The number of hydrogen-bond donors (Lipinski definition) is 2. The second kappa shape index (κ2) is 3.64. The van der Waals surface area contributed by atoms with Gasteiger partial charge in [0.05, 0.1) is 11.0 Å². The van der Waals surface area contributed by atoms with Crippen molar-refractivity contribution in [3.8, 4) is 0 Å². The summed E-state index contributed by atoms with van der Waals surface area (Å²) in [5.74, 6) is 0.145. The van der Waals surface area contributed by atoms with E-state index in [1.54, 1.807) is 18.2 Å². The van der Waals surface area contributed by atoms with Gasteiger partial charge in [-0.15, -0.1) is 0 Å². The summed E-state index contributed by atoms with van der Waals surface area (Å²) in [6.45, 7) is 0. The highest BCUT2D eigenvalue weighted by atomic mass is 32.2. The zero-order chi connectivity index (χ0) is 11.8. The smallest absolute Gasteiger partial charge is 0.182 e. The molecule has 6 heteroatoms.